The highest BCUT2D eigenvalue weighted by Gasteiger charge is 2.12. The molecule has 2 aromatic carbocycles. The molecular weight excluding hydrogens is 295 g/mol. The quantitative estimate of drug-likeness (QED) is 0.872. The molecule has 0 aliphatic heterocycles. The van der Waals surface area contributed by atoms with Crippen LogP contribution in [-0.2, 0) is 6.54 Å². The van der Waals surface area contributed by atoms with Crippen LogP contribution in [0.2, 0.25) is 5.02 Å². The molecule has 0 amide bonds. The molecule has 5 heteroatoms. The average molecular weight is 309 g/mol. The summed E-state index contributed by atoms with van der Waals surface area (Å²) in [5.41, 5.74) is 7.94. The topological polar surface area (TPSA) is 29.3 Å². The van der Waals surface area contributed by atoms with Crippen LogP contribution in [0.15, 0.2) is 42.5 Å². The summed E-state index contributed by atoms with van der Waals surface area (Å²) in [6.07, 6.45) is 0. The van der Waals surface area contributed by atoms with Crippen molar-refractivity contribution in [2.45, 2.75) is 6.54 Å². The molecule has 0 bridgehead atoms. The van der Waals surface area contributed by atoms with Gasteiger partial charge in [0.15, 0.2) is 0 Å². The first-order valence-corrected chi connectivity index (χ1v) is 6.81. The second-order valence-electron chi connectivity index (χ2n) is 4.47. The number of anilines is 1. The van der Waals surface area contributed by atoms with Gasteiger partial charge in [0.05, 0.1) is 0 Å². The predicted octanol–water partition coefficient (Wildman–Crippen LogP) is 3.75. The number of thiocarbonyl (C=S) groups is 1. The molecule has 2 aromatic rings. The summed E-state index contributed by atoms with van der Waals surface area (Å²) >= 11 is 11.1. The number of hydrogen-bond donors (Lipinski definition) is 1. The number of hydrogen-bond acceptors (Lipinski definition) is 2. The first-order valence-electron chi connectivity index (χ1n) is 6.03. The molecule has 0 saturated heterocycles. The van der Waals surface area contributed by atoms with Crippen LogP contribution in [0.25, 0.3) is 0 Å². The zero-order chi connectivity index (χ0) is 14.7. The van der Waals surface area contributed by atoms with E-state index in [0.717, 1.165) is 11.3 Å². The zero-order valence-corrected chi connectivity index (χ0v) is 12.5. The molecule has 0 aromatic heterocycles. The third kappa shape index (κ3) is 3.26. The average Bonchev–Trinajstić information content (AvgIpc) is 2.41. The van der Waals surface area contributed by atoms with Crippen LogP contribution >= 0.6 is 23.8 Å². The minimum Gasteiger partial charge on any atom is -0.389 e. The van der Waals surface area contributed by atoms with E-state index < -0.39 is 0 Å². The molecule has 0 heterocycles. The van der Waals surface area contributed by atoms with Crippen molar-refractivity contribution in [2.24, 2.45) is 5.73 Å². The van der Waals surface area contributed by atoms with Crippen LogP contribution in [-0.4, -0.2) is 12.0 Å². The lowest BCUT2D eigenvalue weighted by molar-refractivity contribution is 0.627. The first-order chi connectivity index (χ1) is 9.49. The number of nitrogens with two attached hydrogens (primary N) is 1. The fourth-order valence-electron chi connectivity index (χ4n) is 2.01. The second kappa shape index (κ2) is 6.20. The van der Waals surface area contributed by atoms with E-state index in [1.807, 2.05) is 36.2 Å². The van der Waals surface area contributed by atoms with E-state index in [1.54, 1.807) is 6.07 Å². The molecular formula is C15H14ClFN2S. The molecule has 20 heavy (non-hydrogen) atoms. The fraction of sp³-hybridized carbons (Fsp3) is 0.133. The van der Waals surface area contributed by atoms with Gasteiger partial charge in [-0.3, -0.25) is 0 Å². The maximum atomic E-state index is 13.3. The van der Waals surface area contributed by atoms with E-state index in [1.165, 1.54) is 12.1 Å². The summed E-state index contributed by atoms with van der Waals surface area (Å²) in [7, 11) is 1.89. The Balaban J connectivity index is 2.32. The van der Waals surface area contributed by atoms with Gasteiger partial charge < -0.3 is 10.6 Å². The maximum absolute atomic E-state index is 13.3. The van der Waals surface area contributed by atoms with Crippen LogP contribution in [0.4, 0.5) is 10.1 Å². The SMILES string of the molecule is CN(Cc1ccccc1Cl)c1ccc(F)cc1C(N)=S. The lowest BCUT2D eigenvalue weighted by atomic mass is 10.1. The van der Waals surface area contributed by atoms with Crippen molar-refractivity contribution in [2.75, 3.05) is 11.9 Å². The summed E-state index contributed by atoms with van der Waals surface area (Å²) in [6, 6.07) is 12.0. The molecule has 104 valence electrons. The molecule has 0 radical (unpaired) electrons. The van der Waals surface area contributed by atoms with Crippen LogP contribution in [0.3, 0.4) is 0 Å². The van der Waals surface area contributed by atoms with Gasteiger partial charge in [-0.05, 0) is 29.8 Å². The van der Waals surface area contributed by atoms with Crippen molar-refractivity contribution in [3.05, 3.63) is 64.4 Å². The smallest absolute Gasteiger partial charge is 0.124 e. The highest BCUT2D eigenvalue weighted by Crippen LogP contribution is 2.24. The summed E-state index contributed by atoms with van der Waals surface area (Å²) in [5.74, 6) is -0.359. The molecule has 0 spiro atoms. The minimum atomic E-state index is -0.359. The monoisotopic (exact) mass is 308 g/mol. The minimum absolute atomic E-state index is 0.172. The lowest BCUT2D eigenvalue weighted by Gasteiger charge is -2.22. The van der Waals surface area contributed by atoms with E-state index in [4.69, 9.17) is 29.6 Å². The molecule has 2 N–H and O–H groups in total. The van der Waals surface area contributed by atoms with Crippen molar-refractivity contribution >= 4 is 34.5 Å². The zero-order valence-electron chi connectivity index (χ0n) is 10.9. The Labute approximate surface area is 128 Å². The molecule has 0 aliphatic rings. The summed E-state index contributed by atoms with van der Waals surface area (Å²) in [5, 5.41) is 0.693. The Morgan fingerprint density at radius 3 is 2.65 bits per heavy atom. The largest absolute Gasteiger partial charge is 0.389 e. The van der Waals surface area contributed by atoms with E-state index in [0.29, 0.717) is 17.1 Å². The van der Waals surface area contributed by atoms with Crippen LogP contribution in [0.1, 0.15) is 11.1 Å². The fourth-order valence-corrected chi connectivity index (χ4v) is 2.36. The van der Waals surface area contributed by atoms with Crippen LogP contribution < -0.4 is 10.6 Å². The van der Waals surface area contributed by atoms with Crippen molar-refractivity contribution in [3.8, 4) is 0 Å². The second-order valence-corrected chi connectivity index (χ2v) is 5.32. The predicted molar refractivity (Wildman–Crippen MR) is 85.8 cm³/mol. The van der Waals surface area contributed by atoms with E-state index in [-0.39, 0.29) is 10.8 Å². The summed E-state index contributed by atoms with van der Waals surface area (Å²) < 4.78 is 13.3. The standard InChI is InChI=1S/C15H14ClFN2S/c1-19(9-10-4-2-3-5-13(10)16)14-7-6-11(17)8-12(14)15(18)20/h2-8H,9H2,1H3,(H2,18,20). The van der Waals surface area contributed by atoms with Crippen molar-refractivity contribution in [1.29, 1.82) is 0 Å². The van der Waals surface area contributed by atoms with E-state index >= 15 is 0 Å². The van der Waals surface area contributed by atoms with Crippen LogP contribution in [0, 0.1) is 5.82 Å². The number of benzene rings is 2. The highest BCUT2D eigenvalue weighted by molar-refractivity contribution is 7.80. The van der Waals surface area contributed by atoms with Crippen molar-refractivity contribution in [3.63, 3.8) is 0 Å². The van der Waals surface area contributed by atoms with Gasteiger partial charge in [-0.2, -0.15) is 0 Å². The maximum Gasteiger partial charge on any atom is 0.124 e. The summed E-state index contributed by atoms with van der Waals surface area (Å²) in [6.45, 7) is 0.584. The third-order valence-corrected chi connectivity index (χ3v) is 3.59. The Morgan fingerprint density at radius 1 is 1.30 bits per heavy atom. The Kier molecular flexibility index (Phi) is 4.57. The van der Waals surface area contributed by atoms with Gasteiger partial charge in [0.1, 0.15) is 10.8 Å². The Morgan fingerprint density at radius 2 is 2.00 bits per heavy atom. The van der Waals surface area contributed by atoms with Gasteiger partial charge in [-0.25, -0.2) is 4.39 Å². The number of halogens is 2. The van der Waals surface area contributed by atoms with Crippen molar-refractivity contribution < 1.29 is 4.39 Å². The van der Waals surface area contributed by atoms with E-state index in [2.05, 4.69) is 0 Å². The number of nitrogens with zero attached hydrogens (tertiary/aromatic N) is 1. The molecule has 2 nitrogen and oxygen atoms in total. The third-order valence-electron chi connectivity index (χ3n) is 3.00. The first kappa shape index (κ1) is 14.8. The molecule has 0 saturated carbocycles. The lowest BCUT2D eigenvalue weighted by Crippen LogP contribution is -2.21. The van der Waals surface area contributed by atoms with Gasteiger partial charge >= 0.3 is 0 Å². The molecule has 0 fully saturated rings. The molecule has 0 atom stereocenters. The van der Waals surface area contributed by atoms with Gasteiger partial charge in [0, 0.05) is 29.9 Å². The highest BCUT2D eigenvalue weighted by atomic mass is 35.5. The number of rotatable bonds is 4. The van der Waals surface area contributed by atoms with E-state index in [9.17, 15) is 4.39 Å². The summed E-state index contributed by atoms with van der Waals surface area (Å²) in [4.78, 5) is 2.11. The van der Waals surface area contributed by atoms with Crippen LogP contribution in [0.5, 0.6) is 0 Å². The normalized spacial score (nSPS) is 10.3. The molecule has 0 aliphatic carbocycles. The molecule has 0 unspecified atom stereocenters. The molecule has 2 rings (SSSR count). The Hall–Kier alpha value is -1.65. The van der Waals surface area contributed by atoms with Gasteiger partial charge in [-0.1, -0.05) is 42.0 Å². The van der Waals surface area contributed by atoms with Gasteiger partial charge in [-0.15, -0.1) is 0 Å². The van der Waals surface area contributed by atoms with Crippen molar-refractivity contribution in [1.82, 2.24) is 0 Å². The Bertz CT molecular complexity index is 646. The van der Waals surface area contributed by atoms with Gasteiger partial charge in [0.2, 0.25) is 0 Å². The van der Waals surface area contributed by atoms with Gasteiger partial charge in [0.25, 0.3) is 0 Å².